The Kier molecular flexibility index (Phi) is 5.61. The fourth-order valence-corrected chi connectivity index (χ4v) is 4.20. The van der Waals surface area contributed by atoms with Gasteiger partial charge in [-0.05, 0) is 37.9 Å². The molecule has 6 heteroatoms. The van der Waals surface area contributed by atoms with E-state index < -0.39 is 10.2 Å². The number of anilines is 1. The van der Waals surface area contributed by atoms with Gasteiger partial charge in [-0.15, -0.1) is 0 Å². The van der Waals surface area contributed by atoms with Gasteiger partial charge in [-0.3, -0.25) is 4.72 Å². The first kappa shape index (κ1) is 16.3. The molecule has 0 bridgehead atoms. The fraction of sp³-hybridized carbons (Fsp3) is 0.600. The van der Waals surface area contributed by atoms with E-state index in [0.29, 0.717) is 18.8 Å². The molecule has 0 amide bonds. The maximum atomic E-state index is 12.6. The van der Waals surface area contributed by atoms with Crippen LogP contribution in [0, 0.1) is 0 Å². The Morgan fingerprint density at radius 1 is 1.29 bits per heavy atom. The summed E-state index contributed by atoms with van der Waals surface area (Å²) in [4.78, 5) is 0. The lowest BCUT2D eigenvalue weighted by Gasteiger charge is -2.32. The molecule has 1 fully saturated rings. The predicted molar refractivity (Wildman–Crippen MR) is 86.4 cm³/mol. The normalized spacial score (nSPS) is 20.4. The number of nitrogens with zero attached hydrogens (tertiary/aromatic N) is 1. The van der Waals surface area contributed by atoms with Crippen LogP contribution < -0.4 is 10.0 Å². The molecule has 0 radical (unpaired) electrons. The van der Waals surface area contributed by atoms with Crippen LogP contribution in [0.4, 0.5) is 5.69 Å². The summed E-state index contributed by atoms with van der Waals surface area (Å²) in [5, 5.41) is 3.23. The Balaban J connectivity index is 2.16. The van der Waals surface area contributed by atoms with E-state index in [9.17, 15) is 8.42 Å². The van der Waals surface area contributed by atoms with E-state index >= 15 is 0 Å². The summed E-state index contributed by atoms with van der Waals surface area (Å²) >= 11 is 0. The highest BCUT2D eigenvalue weighted by Gasteiger charge is 2.29. The minimum Gasteiger partial charge on any atom is -0.313 e. The van der Waals surface area contributed by atoms with Crippen LogP contribution in [0.15, 0.2) is 24.3 Å². The lowest BCUT2D eigenvalue weighted by molar-refractivity contribution is 0.270. The maximum absolute atomic E-state index is 12.6. The zero-order valence-corrected chi connectivity index (χ0v) is 13.6. The molecule has 0 saturated carbocycles. The summed E-state index contributed by atoms with van der Waals surface area (Å²) in [7, 11) is -3.48. The fourth-order valence-electron chi connectivity index (χ4n) is 2.66. The molecule has 1 saturated heterocycles. The minimum atomic E-state index is -3.48. The summed E-state index contributed by atoms with van der Waals surface area (Å²) < 4.78 is 29.5. The van der Waals surface area contributed by atoms with Gasteiger partial charge in [-0.1, -0.05) is 31.5 Å². The largest absolute Gasteiger partial charge is 0.313 e. The zero-order valence-electron chi connectivity index (χ0n) is 12.8. The Bertz CT molecular complexity index is 560. The highest BCUT2D eigenvalue weighted by atomic mass is 32.2. The summed E-state index contributed by atoms with van der Waals surface area (Å²) in [5.74, 6) is 0. The van der Waals surface area contributed by atoms with Crippen molar-refractivity contribution in [3.63, 3.8) is 0 Å². The van der Waals surface area contributed by atoms with Crippen molar-refractivity contribution in [3.8, 4) is 0 Å². The molecule has 5 nitrogen and oxygen atoms in total. The van der Waals surface area contributed by atoms with Crippen molar-refractivity contribution in [2.75, 3.05) is 17.8 Å². The van der Waals surface area contributed by atoms with E-state index in [0.717, 1.165) is 31.4 Å². The van der Waals surface area contributed by atoms with Gasteiger partial charge in [-0.2, -0.15) is 12.7 Å². The maximum Gasteiger partial charge on any atom is 0.301 e. The molecule has 1 aliphatic rings. The number of nitrogens with one attached hydrogen (secondary N) is 2. The molecule has 118 valence electrons. The lowest BCUT2D eigenvalue weighted by Crippen LogP contribution is -2.45. The molecule has 1 unspecified atom stereocenters. The van der Waals surface area contributed by atoms with Gasteiger partial charge >= 0.3 is 10.2 Å². The second kappa shape index (κ2) is 7.24. The smallest absolute Gasteiger partial charge is 0.301 e. The SMILES string of the molecule is CCNCc1ccccc1NS(=O)(=O)N1CCCCC1C. The van der Waals surface area contributed by atoms with E-state index in [-0.39, 0.29) is 6.04 Å². The molecule has 1 aliphatic heterocycles. The summed E-state index contributed by atoms with van der Waals surface area (Å²) in [5.41, 5.74) is 1.63. The van der Waals surface area contributed by atoms with Crippen molar-refractivity contribution in [1.82, 2.24) is 9.62 Å². The molecule has 0 spiro atoms. The Morgan fingerprint density at radius 3 is 2.76 bits per heavy atom. The first-order chi connectivity index (χ1) is 10.0. The summed E-state index contributed by atoms with van der Waals surface area (Å²) in [6.07, 6.45) is 2.97. The molecule has 21 heavy (non-hydrogen) atoms. The van der Waals surface area contributed by atoms with Crippen molar-refractivity contribution in [3.05, 3.63) is 29.8 Å². The molecule has 0 aliphatic carbocycles. The van der Waals surface area contributed by atoms with E-state index in [1.807, 2.05) is 38.1 Å². The van der Waals surface area contributed by atoms with Crippen LogP contribution in [-0.4, -0.2) is 31.9 Å². The van der Waals surface area contributed by atoms with Crippen LogP contribution in [0.2, 0.25) is 0 Å². The molecule has 1 aromatic rings. The summed E-state index contributed by atoms with van der Waals surface area (Å²) in [6.45, 7) is 6.12. The van der Waals surface area contributed by atoms with Crippen molar-refractivity contribution < 1.29 is 8.42 Å². The first-order valence-electron chi connectivity index (χ1n) is 7.63. The molecular weight excluding hydrogens is 286 g/mol. The van der Waals surface area contributed by atoms with Crippen LogP contribution >= 0.6 is 0 Å². The number of benzene rings is 1. The minimum absolute atomic E-state index is 0.0668. The van der Waals surface area contributed by atoms with Gasteiger partial charge in [0.1, 0.15) is 0 Å². The van der Waals surface area contributed by atoms with Gasteiger partial charge in [0.15, 0.2) is 0 Å². The topological polar surface area (TPSA) is 61.4 Å². The summed E-state index contributed by atoms with van der Waals surface area (Å²) in [6, 6.07) is 7.61. The quantitative estimate of drug-likeness (QED) is 0.847. The van der Waals surface area contributed by atoms with Gasteiger partial charge in [-0.25, -0.2) is 0 Å². The van der Waals surface area contributed by atoms with Crippen LogP contribution in [-0.2, 0) is 16.8 Å². The van der Waals surface area contributed by atoms with E-state index in [1.165, 1.54) is 0 Å². The number of para-hydroxylation sites is 1. The second-order valence-electron chi connectivity index (χ2n) is 5.50. The van der Waals surface area contributed by atoms with E-state index in [4.69, 9.17) is 0 Å². The monoisotopic (exact) mass is 311 g/mol. The highest BCUT2D eigenvalue weighted by molar-refractivity contribution is 7.90. The second-order valence-corrected chi connectivity index (χ2v) is 7.12. The average Bonchev–Trinajstić information content (AvgIpc) is 2.46. The van der Waals surface area contributed by atoms with Crippen LogP contribution in [0.5, 0.6) is 0 Å². The molecular formula is C15H25N3O2S. The van der Waals surface area contributed by atoms with Gasteiger partial charge in [0.05, 0.1) is 5.69 Å². The van der Waals surface area contributed by atoms with Crippen molar-refractivity contribution in [2.45, 2.75) is 45.7 Å². The van der Waals surface area contributed by atoms with E-state index in [2.05, 4.69) is 10.0 Å². The Labute approximate surface area is 127 Å². The van der Waals surface area contributed by atoms with Crippen molar-refractivity contribution in [2.24, 2.45) is 0 Å². The van der Waals surface area contributed by atoms with Gasteiger partial charge < -0.3 is 5.32 Å². The predicted octanol–water partition coefficient (Wildman–Crippen LogP) is 2.33. The number of hydrogen-bond acceptors (Lipinski definition) is 3. The number of rotatable bonds is 6. The molecule has 0 aromatic heterocycles. The van der Waals surface area contributed by atoms with Crippen molar-refractivity contribution >= 4 is 15.9 Å². The van der Waals surface area contributed by atoms with E-state index in [1.54, 1.807) is 4.31 Å². The first-order valence-corrected chi connectivity index (χ1v) is 9.07. The third-order valence-electron chi connectivity index (χ3n) is 3.87. The highest BCUT2D eigenvalue weighted by Crippen LogP contribution is 2.23. The standard InChI is InChI=1S/C15H25N3O2S/c1-3-16-12-14-9-4-5-10-15(14)17-21(19,20)18-11-7-6-8-13(18)2/h4-5,9-10,13,16-17H,3,6-8,11-12H2,1-2H3. The lowest BCUT2D eigenvalue weighted by atomic mass is 10.1. The van der Waals surface area contributed by atoms with Crippen molar-refractivity contribution in [1.29, 1.82) is 0 Å². The third-order valence-corrected chi connectivity index (χ3v) is 5.51. The Hall–Kier alpha value is -1.11. The molecule has 1 atom stereocenters. The molecule has 1 aromatic carbocycles. The van der Waals surface area contributed by atoms with Crippen LogP contribution in [0.25, 0.3) is 0 Å². The van der Waals surface area contributed by atoms with Gasteiger partial charge in [0, 0.05) is 19.1 Å². The zero-order chi connectivity index (χ0) is 15.3. The van der Waals surface area contributed by atoms with Crippen LogP contribution in [0.1, 0.15) is 38.7 Å². The van der Waals surface area contributed by atoms with Gasteiger partial charge in [0.2, 0.25) is 0 Å². The average molecular weight is 311 g/mol. The van der Waals surface area contributed by atoms with Gasteiger partial charge in [0.25, 0.3) is 0 Å². The number of hydrogen-bond donors (Lipinski definition) is 2. The molecule has 1 heterocycles. The molecule has 2 rings (SSSR count). The van der Waals surface area contributed by atoms with Crippen LogP contribution in [0.3, 0.4) is 0 Å². The molecule has 2 N–H and O–H groups in total. The third kappa shape index (κ3) is 4.18. The Morgan fingerprint density at radius 2 is 2.05 bits per heavy atom. The number of piperidine rings is 1.